The van der Waals surface area contributed by atoms with Crippen LogP contribution in [0.3, 0.4) is 0 Å². The number of halogens is 1. The zero-order chi connectivity index (χ0) is 19.2. The molecule has 0 spiro atoms. The number of hydrogen-bond donors (Lipinski definition) is 2. The number of nitrogens with zero attached hydrogens (tertiary/aromatic N) is 2. The van der Waals surface area contributed by atoms with Crippen LogP contribution in [-0.2, 0) is 0 Å². The van der Waals surface area contributed by atoms with Crippen LogP contribution in [0.1, 0.15) is 21.5 Å². The number of carbonyl (C=O) groups excluding carboxylic acids is 1. The Kier molecular flexibility index (Phi) is 5.97. The van der Waals surface area contributed by atoms with E-state index in [1.54, 1.807) is 0 Å². The molecule has 3 rings (SSSR count). The van der Waals surface area contributed by atoms with E-state index in [-0.39, 0.29) is 10.9 Å². The Morgan fingerprint density at radius 2 is 1.56 bits per heavy atom. The van der Waals surface area contributed by atoms with Gasteiger partial charge in [0.05, 0.1) is 11.4 Å². The van der Waals surface area contributed by atoms with E-state index in [1.165, 1.54) is 24.3 Å². The molecule has 0 atom stereocenters. The van der Waals surface area contributed by atoms with E-state index >= 15 is 0 Å². The van der Waals surface area contributed by atoms with E-state index < -0.39 is 5.91 Å². The van der Waals surface area contributed by atoms with Crippen LogP contribution >= 0.6 is 15.9 Å². The van der Waals surface area contributed by atoms with Crippen molar-refractivity contribution in [2.75, 3.05) is 5.23 Å². The maximum absolute atomic E-state index is 12.4. The third kappa shape index (κ3) is 4.59. The summed E-state index contributed by atoms with van der Waals surface area (Å²) in [5, 5.41) is 23.8. The minimum absolute atomic E-state index is 0.0354. The second kappa shape index (κ2) is 8.59. The van der Waals surface area contributed by atoms with Crippen LogP contribution in [0.4, 0.5) is 5.69 Å². The summed E-state index contributed by atoms with van der Waals surface area (Å²) < 4.78 is 0.852. The standard InChI is InChI=1S/C20H15BrN3O3/c21-18-9-5-4-8-17(18)19(14-6-2-1-3-7-14)22-23-20(25)15-10-12-16(13-11-15)24(26)27/h1-13,26H,(H,23,25)/q-1. The zero-order valence-electron chi connectivity index (χ0n) is 14.0. The number of rotatable bonds is 5. The van der Waals surface area contributed by atoms with Crippen molar-refractivity contribution >= 4 is 33.2 Å². The predicted molar refractivity (Wildman–Crippen MR) is 108 cm³/mol. The van der Waals surface area contributed by atoms with Gasteiger partial charge in [-0.25, -0.2) is 5.43 Å². The Hall–Kier alpha value is -3.00. The summed E-state index contributed by atoms with van der Waals surface area (Å²) in [6.07, 6.45) is 0. The Balaban J connectivity index is 1.90. The van der Waals surface area contributed by atoms with Crippen molar-refractivity contribution in [2.45, 2.75) is 0 Å². The van der Waals surface area contributed by atoms with Crippen LogP contribution in [0.25, 0.3) is 0 Å². The molecule has 0 radical (unpaired) electrons. The number of amides is 1. The van der Waals surface area contributed by atoms with E-state index in [9.17, 15) is 10.0 Å². The summed E-state index contributed by atoms with van der Waals surface area (Å²) >= 11 is 3.52. The Morgan fingerprint density at radius 3 is 2.19 bits per heavy atom. The summed E-state index contributed by atoms with van der Waals surface area (Å²) in [5.74, 6) is -0.433. The molecule has 0 saturated heterocycles. The topological polar surface area (TPSA) is 88.0 Å². The second-order valence-electron chi connectivity index (χ2n) is 5.57. The first kappa shape index (κ1) is 18.8. The first-order valence-corrected chi connectivity index (χ1v) is 8.80. The number of hydrazone groups is 1. The smallest absolute Gasteiger partial charge is 0.271 e. The molecule has 2 N–H and O–H groups in total. The quantitative estimate of drug-likeness (QED) is 0.471. The number of carbonyl (C=O) groups is 1. The number of benzene rings is 3. The van der Waals surface area contributed by atoms with Crippen molar-refractivity contribution in [2.24, 2.45) is 5.10 Å². The van der Waals surface area contributed by atoms with Crippen molar-refractivity contribution in [1.29, 1.82) is 0 Å². The lowest BCUT2D eigenvalue weighted by Crippen LogP contribution is -2.21. The van der Waals surface area contributed by atoms with E-state index in [2.05, 4.69) is 26.5 Å². The molecule has 0 aliphatic carbocycles. The molecule has 136 valence electrons. The van der Waals surface area contributed by atoms with Crippen molar-refractivity contribution < 1.29 is 10.0 Å². The highest BCUT2D eigenvalue weighted by Gasteiger charge is 2.12. The maximum Gasteiger partial charge on any atom is 0.271 e. The third-order valence-corrected chi connectivity index (χ3v) is 4.49. The van der Waals surface area contributed by atoms with Gasteiger partial charge in [-0.1, -0.05) is 64.5 Å². The van der Waals surface area contributed by atoms with Crippen LogP contribution in [0.5, 0.6) is 0 Å². The monoisotopic (exact) mass is 424 g/mol. The van der Waals surface area contributed by atoms with Gasteiger partial charge in [0.15, 0.2) is 0 Å². The third-order valence-electron chi connectivity index (χ3n) is 3.80. The molecular weight excluding hydrogens is 410 g/mol. The first-order valence-electron chi connectivity index (χ1n) is 8.01. The minimum atomic E-state index is -0.433. The van der Waals surface area contributed by atoms with E-state index in [4.69, 9.17) is 5.21 Å². The first-order chi connectivity index (χ1) is 13.1. The lowest BCUT2D eigenvalue weighted by Gasteiger charge is -2.21. The molecular formula is C20H15BrN3O3-. The molecule has 0 saturated carbocycles. The highest BCUT2D eigenvalue weighted by atomic mass is 79.9. The molecule has 0 aliphatic rings. The fraction of sp³-hybridized carbons (Fsp3) is 0. The maximum atomic E-state index is 12.4. The molecule has 3 aromatic rings. The summed E-state index contributed by atoms with van der Waals surface area (Å²) in [6.45, 7) is 0. The molecule has 0 bridgehead atoms. The Labute approximate surface area is 164 Å². The average Bonchev–Trinajstić information content (AvgIpc) is 2.70. The molecule has 0 heterocycles. The van der Waals surface area contributed by atoms with Crippen LogP contribution in [0.2, 0.25) is 0 Å². The van der Waals surface area contributed by atoms with E-state index in [0.717, 1.165) is 15.6 Å². The SMILES string of the molecule is O=C(NN=C(c1ccccc1)c1ccccc1Br)c1ccc(N([O-])O)cc1. The number of hydrogen-bond acceptors (Lipinski definition) is 5. The van der Waals surface area contributed by atoms with Gasteiger partial charge < -0.3 is 10.4 Å². The van der Waals surface area contributed by atoms with Crippen molar-refractivity contribution in [3.8, 4) is 0 Å². The normalized spacial score (nSPS) is 11.1. The Bertz CT molecular complexity index is 958. The van der Waals surface area contributed by atoms with Gasteiger partial charge in [0.1, 0.15) is 0 Å². The highest BCUT2D eigenvalue weighted by molar-refractivity contribution is 9.10. The van der Waals surface area contributed by atoms with Crippen LogP contribution in [0, 0.1) is 5.21 Å². The van der Waals surface area contributed by atoms with E-state index in [1.807, 2.05) is 54.6 Å². The molecule has 0 aromatic heterocycles. The minimum Gasteiger partial charge on any atom is -0.733 e. The predicted octanol–water partition coefficient (Wildman–Crippen LogP) is 4.32. The van der Waals surface area contributed by atoms with E-state index in [0.29, 0.717) is 11.3 Å². The molecule has 27 heavy (non-hydrogen) atoms. The molecule has 1 amide bonds. The lowest BCUT2D eigenvalue weighted by atomic mass is 10.0. The molecule has 0 unspecified atom stereocenters. The summed E-state index contributed by atoms with van der Waals surface area (Å²) in [7, 11) is 0. The van der Waals surface area contributed by atoms with Gasteiger partial charge >= 0.3 is 0 Å². The summed E-state index contributed by atoms with van der Waals surface area (Å²) in [6, 6.07) is 22.7. The molecule has 7 heteroatoms. The fourth-order valence-electron chi connectivity index (χ4n) is 2.44. The number of anilines is 1. The van der Waals surface area contributed by atoms with Gasteiger partial charge in [0.25, 0.3) is 5.91 Å². The van der Waals surface area contributed by atoms with Gasteiger partial charge in [0, 0.05) is 21.2 Å². The number of nitrogens with one attached hydrogen (secondary N) is 1. The van der Waals surface area contributed by atoms with Gasteiger partial charge in [-0.15, -0.1) is 0 Å². The van der Waals surface area contributed by atoms with Gasteiger partial charge in [-0.2, -0.15) is 5.10 Å². The van der Waals surface area contributed by atoms with Gasteiger partial charge in [-0.05, 0) is 30.3 Å². The Morgan fingerprint density at radius 1 is 0.926 bits per heavy atom. The van der Waals surface area contributed by atoms with Crippen LogP contribution in [0.15, 0.2) is 88.4 Å². The van der Waals surface area contributed by atoms with Crippen molar-refractivity contribution in [1.82, 2.24) is 5.43 Å². The molecule has 0 aliphatic heterocycles. The largest absolute Gasteiger partial charge is 0.733 e. The van der Waals surface area contributed by atoms with Gasteiger partial charge in [0.2, 0.25) is 0 Å². The zero-order valence-corrected chi connectivity index (χ0v) is 15.6. The molecule has 0 fully saturated rings. The van der Waals surface area contributed by atoms with Crippen molar-refractivity contribution in [3.05, 3.63) is 105 Å². The fourth-order valence-corrected chi connectivity index (χ4v) is 2.91. The van der Waals surface area contributed by atoms with Crippen LogP contribution < -0.4 is 10.7 Å². The average molecular weight is 425 g/mol. The summed E-state index contributed by atoms with van der Waals surface area (Å²) in [4.78, 5) is 12.4. The summed E-state index contributed by atoms with van der Waals surface area (Å²) in [5.41, 5.74) is 5.18. The molecule has 6 nitrogen and oxygen atoms in total. The van der Waals surface area contributed by atoms with Gasteiger partial charge in [-0.3, -0.25) is 10.0 Å². The molecule has 3 aromatic carbocycles. The second-order valence-corrected chi connectivity index (χ2v) is 6.42. The van der Waals surface area contributed by atoms with Crippen LogP contribution in [-0.4, -0.2) is 16.8 Å². The highest BCUT2D eigenvalue weighted by Crippen LogP contribution is 2.20. The van der Waals surface area contributed by atoms with Crippen molar-refractivity contribution in [3.63, 3.8) is 0 Å². The lowest BCUT2D eigenvalue weighted by molar-refractivity contribution is 0.0955.